The van der Waals surface area contributed by atoms with Gasteiger partial charge in [-0.3, -0.25) is 0 Å². The molecule has 0 aromatic rings. The van der Waals surface area contributed by atoms with E-state index < -0.39 is 6.10 Å². The Morgan fingerprint density at radius 1 is 1.29 bits per heavy atom. The third kappa shape index (κ3) is 7.95. The molecule has 0 aromatic carbocycles. The van der Waals surface area contributed by atoms with Gasteiger partial charge in [-0.2, -0.15) is 0 Å². The number of hydrogen-bond acceptors (Lipinski definition) is 5. The van der Waals surface area contributed by atoms with E-state index in [1.54, 1.807) is 0 Å². The summed E-state index contributed by atoms with van der Waals surface area (Å²) in [6.07, 6.45) is 10.8. The number of aliphatic hydroxyl groups excluding tert-OH is 1. The van der Waals surface area contributed by atoms with Gasteiger partial charge in [0.25, 0.3) is 0 Å². The van der Waals surface area contributed by atoms with Crippen LogP contribution in [0.25, 0.3) is 0 Å². The van der Waals surface area contributed by atoms with Gasteiger partial charge < -0.3 is 19.3 Å². The van der Waals surface area contributed by atoms with E-state index >= 15 is 0 Å². The fourth-order valence-corrected chi connectivity index (χ4v) is 3.83. The van der Waals surface area contributed by atoms with E-state index in [-0.39, 0.29) is 18.7 Å². The number of esters is 1. The molecule has 1 aliphatic heterocycles. The summed E-state index contributed by atoms with van der Waals surface area (Å²) in [5, 5.41) is 10.4. The van der Waals surface area contributed by atoms with Crippen molar-refractivity contribution in [2.24, 2.45) is 17.8 Å². The highest BCUT2D eigenvalue weighted by atomic mass is 16.6. The van der Waals surface area contributed by atoms with Gasteiger partial charge in [-0.1, -0.05) is 57.1 Å². The number of hydrogen-bond donors (Lipinski definition) is 1. The third-order valence-corrected chi connectivity index (χ3v) is 5.60. The molecule has 28 heavy (non-hydrogen) atoms. The van der Waals surface area contributed by atoms with E-state index in [4.69, 9.17) is 14.2 Å². The molecule has 5 nitrogen and oxygen atoms in total. The molecule has 0 bridgehead atoms. The van der Waals surface area contributed by atoms with Gasteiger partial charge in [0.2, 0.25) is 0 Å². The first kappa shape index (κ1) is 22.9. The summed E-state index contributed by atoms with van der Waals surface area (Å²) >= 11 is 0. The van der Waals surface area contributed by atoms with Crippen molar-refractivity contribution in [2.45, 2.75) is 71.0 Å². The van der Waals surface area contributed by atoms with Crippen molar-refractivity contribution in [3.63, 3.8) is 0 Å². The number of rotatable bonds is 9. The van der Waals surface area contributed by atoms with Crippen molar-refractivity contribution >= 4 is 5.97 Å². The van der Waals surface area contributed by atoms with Crippen LogP contribution in [0.5, 0.6) is 0 Å². The number of aliphatic hydroxyl groups is 1. The van der Waals surface area contributed by atoms with Gasteiger partial charge in [0.05, 0.1) is 19.8 Å². The van der Waals surface area contributed by atoms with Gasteiger partial charge in [0.15, 0.2) is 0 Å². The van der Waals surface area contributed by atoms with E-state index in [9.17, 15) is 9.90 Å². The van der Waals surface area contributed by atoms with Gasteiger partial charge in [-0.05, 0) is 37.5 Å². The van der Waals surface area contributed by atoms with Crippen molar-refractivity contribution in [1.82, 2.24) is 0 Å². The smallest absolute Gasteiger partial charge is 0.332 e. The molecule has 2 rings (SSSR count). The van der Waals surface area contributed by atoms with Crippen LogP contribution in [0.3, 0.4) is 0 Å². The Morgan fingerprint density at radius 2 is 2.07 bits per heavy atom. The highest BCUT2D eigenvalue weighted by Crippen LogP contribution is 2.30. The third-order valence-electron chi connectivity index (χ3n) is 5.60. The molecule has 1 saturated carbocycles. The standard InChI is InChI=1S/C23H36O5/c1-3-14-27-23(25)17-26-15-8-7-11-20-18(2)16-28-22(20)13-12-21(24)19-9-5-4-6-10-19/h7-8,18-22,24H,3-6,9-11,14-17H2,1-2H3/b8-7-/t18-,20+,21-,22-/m1/s1. The molecule has 1 aliphatic carbocycles. The van der Waals surface area contributed by atoms with Gasteiger partial charge in [0.1, 0.15) is 18.8 Å². The molecular formula is C23H36O5. The summed E-state index contributed by atoms with van der Waals surface area (Å²) in [4.78, 5) is 11.3. The van der Waals surface area contributed by atoms with Crippen LogP contribution in [0.4, 0.5) is 0 Å². The first-order valence-corrected chi connectivity index (χ1v) is 10.8. The summed E-state index contributed by atoms with van der Waals surface area (Å²) in [6, 6.07) is 0. The second-order valence-corrected chi connectivity index (χ2v) is 7.97. The van der Waals surface area contributed by atoms with Crippen molar-refractivity contribution in [2.75, 3.05) is 26.4 Å². The molecule has 5 heteroatoms. The molecule has 0 unspecified atom stereocenters. The van der Waals surface area contributed by atoms with Crippen LogP contribution in [-0.4, -0.2) is 49.7 Å². The molecule has 1 N–H and O–H groups in total. The molecule has 1 saturated heterocycles. The zero-order valence-corrected chi connectivity index (χ0v) is 17.4. The summed E-state index contributed by atoms with van der Waals surface area (Å²) in [5.74, 6) is 7.01. The summed E-state index contributed by atoms with van der Waals surface area (Å²) < 4.78 is 16.1. The Morgan fingerprint density at radius 3 is 2.82 bits per heavy atom. The van der Waals surface area contributed by atoms with Gasteiger partial charge >= 0.3 is 5.97 Å². The average Bonchev–Trinajstić information content (AvgIpc) is 3.07. The minimum atomic E-state index is -0.531. The maximum atomic E-state index is 11.3. The molecule has 2 aliphatic rings. The second-order valence-electron chi connectivity index (χ2n) is 7.97. The van der Waals surface area contributed by atoms with E-state index in [1.165, 1.54) is 19.3 Å². The summed E-state index contributed by atoms with van der Waals surface area (Å²) in [6.45, 7) is 5.66. The van der Waals surface area contributed by atoms with Crippen molar-refractivity contribution in [1.29, 1.82) is 0 Å². The molecule has 0 spiro atoms. The highest BCUT2D eigenvalue weighted by molar-refractivity contribution is 5.70. The van der Waals surface area contributed by atoms with Crippen LogP contribution in [0.1, 0.15) is 58.8 Å². The van der Waals surface area contributed by atoms with E-state index in [2.05, 4.69) is 24.8 Å². The van der Waals surface area contributed by atoms with Crippen molar-refractivity contribution in [3.8, 4) is 11.8 Å². The fourth-order valence-electron chi connectivity index (χ4n) is 3.83. The topological polar surface area (TPSA) is 65.0 Å². The Kier molecular flexibility index (Phi) is 10.6. The largest absolute Gasteiger partial charge is 0.464 e. The minimum Gasteiger partial charge on any atom is -0.464 e. The second kappa shape index (κ2) is 13.0. The molecule has 1 heterocycles. The lowest BCUT2D eigenvalue weighted by Gasteiger charge is -2.23. The first-order valence-electron chi connectivity index (χ1n) is 10.8. The quantitative estimate of drug-likeness (QED) is 0.282. The van der Waals surface area contributed by atoms with Crippen LogP contribution in [-0.2, 0) is 19.0 Å². The number of carbonyl (C=O) groups is 1. The van der Waals surface area contributed by atoms with Gasteiger partial charge in [-0.15, -0.1) is 0 Å². The molecule has 2 fully saturated rings. The lowest BCUT2D eigenvalue weighted by Crippen LogP contribution is -2.22. The Hall–Kier alpha value is -1.35. The molecule has 4 atom stereocenters. The number of carbonyl (C=O) groups excluding carboxylic acids is 1. The monoisotopic (exact) mass is 392 g/mol. The highest BCUT2D eigenvalue weighted by Gasteiger charge is 2.32. The Balaban J connectivity index is 1.72. The number of allylic oxidation sites excluding steroid dienone is 1. The minimum absolute atomic E-state index is 0.0135. The Bertz CT molecular complexity index is 541. The van der Waals surface area contributed by atoms with Crippen molar-refractivity contribution < 1.29 is 24.1 Å². The lowest BCUT2D eigenvalue weighted by molar-refractivity contribution is -0.148. The maximum absolute atomic E-state index is 11.3. The van der Waals surface area contributed by atoms with Gasteiger partial charge in [-0.25, -0.2) is 4.79 Å². The summed E-state index contributed by atoms with van der Waals surface area (Å²) in [5.41, 5.74) is 0. The predicted octanol–water partition coefficient (Wildman–Crippen LogP) is 3.50. The average molecular weight is 393 g/mol. The Labute approximate surface area is 169 Å². The molecular weight excluding hydrogens is 356 g/mol. The van der Waals surface area contributed by atoms with E-state index in [1.807, 2.05) is 13.0 Å². The van der Waals surface area contributed by atoms with Crippen LogP contribution < -0.4 is 0 Å². The predicted molar refractivity (Wildman–Crippen MR) is 109 cm³/mol. The molecule has 0 amide bonds. The van der Waals surface area contributed by atoms with E-state index in [0.717, 1.165) is 25.7 Å². The van der Waals surface area contributed by atoms with Crippen molar-refractivity contribution in [3.05, 3.63) is 12.2 Å². The molecule has 0 aromatic heterocycles. The SMILES string of the molecule is CCCOC(=O)COC/C=C\C[C@H]1[C@H](C)CO[C@@H]1C#C[C@@H](O)C1CCCCC1. The van der Waals surface area contributed by atoms with Crippen LogP contribution in [0.15, 0.2) is 12.2 Å². The van der Waals surface area contributed by atoms with E-state index in [0.29, 0.717) is 37.6 Å². The normalized spacial score (nSPS) is 26.8. The lowest BCUT2D eigenvalue weighted by atomic mass is 9.85. The zero-order valence-electron chi connectivity index (χ0n) is 17.4. The van der Waals surface area contributed by atoms with Gasteiger partial charge in [0, 0.05) is 5.92 Å². The van der Waals surface area contributed by atoms with Crippen LogP contribution in [0, 0.1) is 29.6 Å². The molecule has 0 radical (unpaired) electrons. The van der Waals surface area contributed by atoms with Crippen LogP contribution >= 0.6 is 0 Å². The molecule has 158 valence electrons. The first-order chi connectivity index (χ1) is 13.6. The number of ether oxygens (including phenoxy) is 3. The maximum Gasteiger partial charge on any atom is 0.332 e. The van der Waals surface area contributed by atoms with Crippen LogP contribution in [0.2, 0.25) is 0 Å². The fraction of sp³-hybridized carbons (Fsp3) is 0.783. The zero-order chi connectivity index (χ0) is 20.2. The summed E-state index contributed by atoms with van der Waals surface area (Å²) in [7, 11) is 0.